The molecule has 0 bridgehead atoms. The van der Waals surface area contributed by atoms with Gasteiger partial charge in [0.25, 0.3) is 0 Å². The molecule has 3 aromatic rings. The molecule has 2 aromatic carbocycles. The number of nitrogen functional groups attached to an aromatic ring is 1. The van der Waals surface area contributed by atoms with Crippen LogP contribution in [0, 0.1) is 11.6 Å². The molecule has 1 aromatic heterocycles. The number of hydrogen-bond donors (Lipinski definition) is 2. The fourth-order valence-electron chi connectivity index (χ4n) is 4.54. The maximum atomic E-state index is 15.4. The van der Waals surface area contributed by atoms with Gasteiger partial charge in [-0.1, -0.05) is 18.2 Å². The molecule has 32 heavy (non-hydrogen) atoms. The minimum absolute atomic E-state index is 0.244. The van der Waals surface area contributed by atoms with Crippen LogP contribution in [0.15, 0.2) is 65.9 Å². The van der Waals surface area contributed by atoms with E-state index in [4.69, 9.17) is 10.7 Å². The summed E-state index contributed by atoms with van der Waals surface area (Å²) in [7, 11) is 0. The van der Waals surface area contributed by atoms with E-state index in [9.17, 15) is 0 Å². The number of fused-ring (bicyclic) bond motifs is 1. The minimum atomic E-state index is -1.86. The molecule has 0 aliphatic carbocycles. The number of nitrogens with two attached hydrogens (primary N) is 1. The molecule has 2 atom stereocenters. The van der Waals surface area contributed by atoms with Gasteiger partial charge in [0.15, 0.2) is 6.30 Å². The average molecular weight is 437 g/mol. The van der Waals surface area contributed by atoms with E-state index in [1.54, 1.807) is 36.7 Å². The van der Waals surface area contributed by atoms with Crippen molar-refractivity contribution in [1.29, 1.82) is 0 Å². The van der Waals surface area contributed by atoms with E-state index in [2.05, 4.69) is 10.3 Å². The number of nitrogens with one attached hydrogen (secondary N) is 1. The van der Waals surface area contributed by atoms with Crippen LogP contribution in [0.3, 0.4) is 0 Å². The maximum Gasteiger partial charge on any atom is 0.223 e. The van der Waals surface area contributed by atoms with E-state index in [1.165, 1.54) is 11.0 Å². The van der Waals surface area contributed by atoms with Crippen LogP contribution in [0.1, 0.15) is 36.0 Å². The number of halogens is 3. The van der Waals surface area contributed by atoms with Gasteiger partial charge in [0.1, 0.15) is 11.6 Å². The Morgan fingerprint density at radius 3 is 2.53 bits per heavy atom. The molecule has 2 aliphatic rings. The monoisotopic (exact) mass is 437 g/mol. The number of alkyl halides is 1. The van der Waals surface area contributed by atoms with Gasteiger partial charge in [0.05, 0.1) is 22.6 Å². The van der Waals surface area contributed by atoms with Crippen LogP contribution in [0.5, 0.6) is 0 Å². The lowest BCUT2D eigenvalue weighted by atomic mass is 9.93. The SMILES string of the molecule is Nc1cccc2c1NC(c1c(F)cccc1F)(N1CCCCC1F)N=C2c1cccnc1. The van der Waals surface area contributed by atoms with Crippen LogP contribution < -0.4 is 11.1 Å². The average Bonchev–Trinajstić information content (AvgIpc) is 2.80. The molecule has 8 heteroatoms. The lowest BCUT2D eigenvalue weighted by Gasteiger charge is -2.48. The Bertz CT molecular complexity index is 1160. The number of hydrogen-bond acceptors (Lipinski definition) is 5. The van der Waals surface area contributed by atoms with Crippen molar-refractivity contribution in [2.75, 3.05) is 17.6 Å². The number of likely N-dealkylation sites (tertiary alicyclic amines) is 1. The molecule has 164 valence electrons. The highest BCUT2D eigenvalue weighted by atomic mass is 19.1. The van der Waals surface area contributed by atoms with Crippen molar-refractivity contribution in [2.45, 2.75) is 31.3 Å². The topological polar surface area (TPSA) is 66.5 Å². The van der Waals surface area contributed by atoms with Crippen LogP contribution in [-0.4, -0.2) is 28.4 Å². The number of pyridine rings is 1. The number of nitrogens with zero attached hydrogens (tertiary/aromatic N) is 3. The summed E-state index contributed by atoms with van der Waals surface area (Å²) in [5.74, 6) is -3.49. The molecule has 5 rings (SSSR count). The first-order valence-corrected chi connectivity index (χ1v) is 10.5. The standard InChI is InChI=1S/C24H22F3N5/c25-17-8-4-9-18(26)21(17)24(32-13-2-1-11-20(32)27)30-22(15-6-5-12-29-14-15)16-7-3-10-19(28)23(16)31-24/h3-10,12,14,20,31H,1-2,11,13,28H2. The van der Waals surface area contributed by atoms with Crippen LogP contribution in [0.25, 0.3) is 0 Å². The summed E-state index contributed by atoms with van der Waals surface area (Å²) in [5, 5.41) is 3.15. The van der Waals surface area contributed by atoms with E-state index in [0.717, 1.165) is 12.1 Å². The number of anilines is 2. The fraction of sp³-hybridized carbons (Fsp3) is 0.250. The number of para-hydroxylation sites is 1. The third-order valence-corrected chi connectivity index (χ3v) is 6.02. The van der Waals surface area contributed by atoms with Gasteiger partial charge in [-0.25, -0.2) is 23.1 Å². The van der Waals surface area contributed by atoms with Crippen molar-refractivity contribution in [3.63, 3.8) is 0 Å². The van der Waals surface area contributed by atoms with E-state index in [1.807, 2.05) is 6.07 Å². The second-order valence-electron chi connectivity index (χ2n) is 7.99. The highest BCUT2D eigenvalue weighted by Crippen LogP contribution is 2.45. The zero-order valence-electron chi connectivity index (χ0n) is 17.2. The van der Waals surface area contributed by atoms with Gasteiger partial charge in [0.2, 0.25) is 5.79 Å². The fourth-order valence-corrected chi connectivity index (χ4v) is 4.54. The molecule has 0 amide bonds. The van der Waals surface area contributed by atoms with Gasteiger partial charge in [0, 0.05) is 30.1 Å². The van der Waals surface area contributed by atoms with Crippen molar-refractivity contribution in [3.05, 3.63) is 89.2 Å². The minimum Gasteiger partial charge on any atom is -0.397 e. The van der Waals surface area contributed by atoms with Crippen LogP contribution in [0.2, 0.25) is 0 Å². The number of piperidine rings is 1. The van der Waals surface area contributed by atoms with Crippen molar-refractivity contribution < 1.29 is 13.2 Å². The molecular formula is C24H22F3N5. The molecule has 3 N–H and O–H groups in total. The van der Waals surface area contributed by atoms with Crippen molar-refractivity contribution in [3.8, 4) is 0 Å². The second-order valence-corrected chi connectivity index (χ2v) is 7.99. The number of aliphatic imine (C=N–C) groups is 1. The molecule has 2 aliphatic heterocycles. The largest absolute Gasteiger partial charge is 0.397 e. The zero-order chi connectivity index (χ0) is 22.3. The Morgan fingerprint density at radius 1 is 1.03 bits per heavy atom. The maximum absolute atomic E-state index is 15.4. The molecule has 3 heterocycles. The van der Waals surface area contributed by atoms with Gasteiger partial charge in [-0.15, -0.1) is 0 Å². The summed E-state index contributed by atoms with van der Waals surface area (Å²) < 4.78 is 45.8. The molecule has 0 spiro atoms. The van der Waals surface area contributed by atoms with Gasteiger partial charge in [-0.2, -0.15) is 0 Å². The second kappa shape index (κ2) is 7.94. The highest BCUT2D eigenvalue weighted by molar-refractivity contribution is 6.18. The van der Waals surface area contributed by atoms with Crippen molar-refractivity contribution in [2.24, 2.45) is 4.99 Å². The molecule has 2 unspecified atom stereocenters. The van der Waals surface area contributed by atoms with Crippen molar-refractivity contribution >= 4 is 17.1 Å². The molecule has 1 saturated heterocycles. The summed E-state index contributed by atoms with van der Waals surface area (Å²) in [6, 6.07) is 12.4. The molecule has 0 radical (unpaired) electrons. The van der Waals surface area contributed by atoms with E-state index in [-0.39, 0.29) is 18.5 Å². The van der Waals surface area contributed by atoms with Gasteiger partial charge in [-0.05, 0) is 49.6 Å². The first-order chi connectivity index (χ1) is 15.5. The molecular weight excluding hydrogens is 415 g/mol. The van der Waals surface area contributed by atoms with E-state index >= 15 is 13.2 Å². The number of benzene rings is 2. The predicted octanol–water partition coefficient (Wildman–Crippen LogP) is 4.80. The number of aromatic nitrogens is 1. The first-order valence-electron chi connectivity index (χ1n) is 10.5. The first kappa shape index (κ1) is 20.5. The summed E-state index contributed by atoms with van der Waals surface area (Å²) in [4.78, 5) is 10.4. The zero-order valence-corrected chi connectivity index (χ0v) is 17.2. The van der Waals surface area contributed by atoms with Crippen LogP contribution in [-0.2, 0) is 5.79 Å². The van der Waals surface area contributed by atoms with Gasteiger partial charge >= 0.3 is 0 Å². The Kier molecular flexibility index (Phi) is 5.09. The Morgan fingerprint density at radius 2 is 1.81 bits per heavy atom. The predicted molar refractivity (Wildman–Crippen MR) is 118 cm³/mol. The van der Waals surface area contributed by atoms with E-state index < -0.39 is 23.7 Å². The van der Waals surface area contributed by atoms with Gasteiger partial charge < -0.3 is 11.1 Å². The van der Waals surface area contributed by atoms with Crippen LogP contribution >= 0.6 is 0 Å². The Balaban J connectivity index is 1.85. The quantitative estimate of drug-likeness (QED) is 0.457. The summed E-state index contributed by atoms with van der Waals surface area (Å²) in [5.41, 5.74) is 8.46. The van der Waals surface area contributed by atoms with E-state index in [0.29, 0.717) is 41.1 Å². The third kappa shape index (κ3) is 3.22. The third-order valence-electron chi connectivity index (χ3n) is 6.02. The molecule has 5 nitrogen and oxygen atoms in total. The van der Waals surface area contributed by atoms with Crippen molar-refractivity contribution in [1.82, 2.24) is 9.88 Å². The molecule has 0 saturated carbocycles. The summed E-state index contributed by atoms with van der Waals surface area (Å²) >= 11 is 0. The van der Waals surface area contributed by atoms with Gasteiger partial charge in [-0.3, -0.25) is 4.98 Å². The van der Waals surface area contributed by atoms with Crippen LogP contribution in [0.4, 0.5) is 24.5 Å². The lowest BCUT2D eigenvalue weighted by molar-refractivity contribution is -0.0345. The highest BCUT2D eigenvalue weighted by Gasteiger charge is 2.49. The number of rotatable bonds is 3. The summed E-state index contributed by atoms with van der Waals surface area (Å²) in [6.45, 7) is 0.272. The lowest BCUT2D eigenvalue weighted by Crippen LogP contribution is -2.58. The smallest absolute Gasteiger partial charge is 0.223 e. The molecule has 1 fully saturated rings. The Hall–Kier alpha value is -3.39. The Labute approximate surface area is 183 Å². The summed E-state index contributed by atoms with van der Waals surface area (Å²) in [6.07, 6.45) is 3.40. The normalized spacial score (nSPS) is 23.2.